The molecule has 1 atom stereocenters. The average molecular weight is 284 g/mol. The summed E-state index contributed by atoms with van der Waals surface area (Å²) >= 11 is 0. The molecular weight excluding hydrogens is 264 g/mol. The third-order valence-electron chi connectivity index (χ3n) is 3.98. The number of rotatable bonds is 2. The molecular formula is C17H20N2O2. The largest absolute Gasteiger partial charge is 0.377 e. The van der Waals surface area contributed by atoms with Gasteiger partial charge in [-0.05, 0) is 31.2 Å². The van der Waals surface area contributed by atoms with Gasteiger partial charge >= 0.3 is 0 Å². The molecule has 0 radical (unpaired) electrons. The van der Waals surface area contributed by atoms with Crippen molar-refractivity contribution in [1.29, 1.82) is 0 Å². The highest BCUT2D eigenvalue weighted by Crippen LogP contribution is 2.26. The number of aryl methyl sites for hydroxylation is 2. The lowest BCUT2D eigenvalue weighted by Crippen LogP contribution is -2.44. The lowest BCUT2D eigenvalue weighted by molar-refractivity contribution is -0.00463. The summed E-state index contributed by atoms with van der Waals surface area (Å²) in [5, 5.41) is 0. The van der Waals surface area contributed by atoms with Gasteiger partial charge in [-0.15, -0.1) is 0 Å². The fourth-order valence-corrected chi connectivity index (χ4v) is 2.86. The molecule has 110 valence electrons. The summed E-state index contributed by atoms with van der Waals surface area (Å²) < 4.78 is 7.65. The van der Waals surface area contributed by atoms with Gasteiger partial charge in [0.1, 0.15) is 0 Å². The first kappa shape index (κ1) is 13.9. The third-order valence-corrected chi connectivity index (χ3v) is 3.98. The lowest BCUT2D eigenvalue weighted by atomic mass is 10.1. The Morgan fingerprint density at radius 2 is 2.14 bits per heavy atom. The molecule has 21 heavy (non-hydrogen) atoms. The Balaban J connectivity index is 1.91. The molecule has 0 unspecified atom stereocenters. The van der Waals surface area contributed by atoms with E-state index in [0.717, 1.165) is 16.8 Å². The Bertz CT molecular complexity index is 648. The van der Waals surface area contributed by atoms with Crippen LogP contribution >= 0.6 is 0 Å². The molecule has 0 bridgehead atoms. The predicted molar refractivity (Wildman–Crippen MR) is 81.2 cm³/mol. The smallest absolute Gasteiger partial charge is 0.254 e. The Morgan fingerprint density at radius 3 is 2.86 bits per heavy atom. The number of carbonyl (C=O) groups is 1. The minimum Gasteiger partial charge on any atom is -0.377 e. The van der Waals surface area contributed by atoms with E-state index in [4.69, 9.17) is 4.74 Å². The zero-order valence-corrected chi connectivity index (χ0v) is 12.5. The number of hydrogen-bond acceptors (Lipinski definition) is 2. The Labute approximate surface area is 124 Å². The standard InChI is InChI=1S/C17H20N2O2/c1-13-5-3-6-14(11-13)17(20)19-9-10-21-12-16(19)15-7-4-8-18(15)2/h3-8,11,16H,9-10,12H2,1-2H3/t16-/m0/s1. The highest BCUT2D eigenvalue weighted by atomic mass is 16.5. The first-order chi connectivity index (χ1) is 10.2. The molecule has 3 rings (SSSR count). The van der Waals surface area contributed by atoms with E-state index in [0.29, 0.717) is 19.8 Å². The fraction of sp³-hybridized carbons (Fsp3) is 0.353. The summed E-state index contributed by atoms with van der Waals surface area (Å²) in [7, 11) is 2.00. The van der Waals surface area contributed by atoms with E-state index in [9.17, 15) is 4.79 Å². The normalized spacial score (nSPS) is 18.8. The molecule has 1 aromatic heterocycles. The number of carbonyl (C=O) groups excluding carboxylic acids is 1. The van der Waals surface area contributed by atoms with Crippen molar-refractivity contribution >= 4 is 5.91 Å². The van der Waals surface area contributed by atoms with Crippen LogP contribution in [-0.4, -0.2) is 35.1 Å². The number of hydrogen-bond donors (Lipinski definition) is 0. The van der Waals surface area contributed by atoms with Crippen LogP contribution in [0.25, 0.3) is 0 Å². The van der Waals surface area contributed by atoms with E-state index in [-0.39, 0.29) is 11.9 Å². The Morgan fingerprint density at radius 1 is 1.29 bits per heavy atom. The topological polar surface area (TPSA) is 34.5 Å². The highest BCUT2D eigenvalue weighted by Gasteiger charge is 2.30. The van der Waals surface area contributed by atoms with Crippen molar-refractivity contribution in [2.75, 3.05) is 19.8 Å². The van der Waals surface area contributed by atoms with Crippen molar-refractivity contribution in [1.82, 2.24) is 9.47 Å². The Kier molecular flexibility index (Phi) is 3.80. The predicted octanol–water partition coefficient (Wildman–Crippen LogP) is 2.55. The highest BCUT2D eigenvalue weighted by molar-refractivity contribution is 5.94. The molecule has 4 heteroatoms. The average Bonchev–Trinajstić information content (AvgIpc) is 2.92. The van der Waals surface area contributed by atoms with Crippen molar-refractivity contribution in [3.63, 3.8) is 0 Å². The van der Waals surface area contributed by atoms with Gasteiger partial charge in [-0.2, -0.15) is 0 Å². The van der Waals surface area contributed by atoms with Gasteiger partial charge in [0.25, 0.3) is 5.91 Å². The van der Waals surface area contributed by atoms with Gasteiger partial charge in [-0.1, -0.05) is 17.7 Å². The molecule has 1 amide bonds. The Hall–Kier alpha value is -2.07. The van der Waals surface area contributed by atoms with Gasteiger partial charge < -0.3 is 14.2 Å². The molecule has 0 saturated carbocycles. The fourth-order valence-electron chi connectivity index (χ4n) is 2.86. The van der Waals surface area contributed by atoms with E-state index in [1.807, 2.05) is 55.4 Å². The molecule has 1 saturated heterocycles. The molecule has 1 aliphatic rings. The summed E-state index contributed by atoms with van der Waals surface area (Å²) in [4.78, 5) is 14.8. The summed E-state index contributed by atoms with van der Waals surface area (Å²) in [5.74, 6) is 0.0770. The first-order valence-corrected chi connectivity index (χ1v) is 7.23. The van der Waals surface area contributed by atoms with Gasteiger partial charge in [0.05, 0.1) is 19.3 Å². The van der Waals surface area contributed by atoms with Crippen molar-refractivity contribution < 1.29 is 9.53 Å². The zero-order valence-electron chi connectivity index (χ0n) is 12.5. The second kappa shape index (κ2) is 5.74. The van der Waals surface area contributed by atoms with Crippen LogP contribution in [0.1, 0.15) is 27.7 Å². The van der Waals surface area contributed by atoms with Gasteiger partial charge in [0.2, 0.25) is 0 Å². The van der Waals surface area contributed by atoms with Crippen LogP contribution < -0.4 is 0 Å². The van der Waals surface area contributed by atoms with Crippen molar-refractivity contribution in [2.45, 2.75) is 13.0 Å². The van der Waals surface area contributed by atoms with Gasteiger partial charge in [0.15, 0.2) is 0 Å². The first-order valence-electron chi connectivity index (χ1n) is 7.23. The second-order valence-electron chi connectivity index (χ2n) is 5.50. The van der Waals surface area contributed by atoms with E-state index in [1.165, 1.54) is 0 Å². The quantitative estimate of drug-likeness (QED) is 0.849. The van der Waals surface area contributed by atoms with Gasteiger partial charge in [-0.25, -0.2) is 0 Å². The molecule has 0 N–H and O–H groups in total. The number of benzene rings is 1. The molecule has 2 aromatic rings. The van der Waals surface area contributed by atoms with Crippen LogP contribution in [0, 0.1) is 6.92 Å². The minimum absolute atomic E-state index is 0.0215. The van der Waals surface area contributed by atoms with Gasteiger partial charge in [-0.3, -0.25) is 4.79 Å². The van der Waals surface area contributed by atoms with Crippen LogP contribution in [0.5, 0.6) is 0 Å². The lowest BCUT2D eigenvalue weighted by Gasteiger charge is -2.36. The van der Waals surface area contributed by atoms with E-state index in [1.54, 1.807) is 0 Å². The molecule has 1 fully saturated rings. The minimum atomic E-state index is -0.0215. The molecule has 0 spiro atoms. The maximum atomic E-state index is 12.8. The number of ether oxygens (including phenoxy) is 1. The summed E-state index contributed by atoms with van der Waals surface area (Å²) in [6, 6.07) is 11.8. The van der Waals surface area contributed by atoms with Gasteiger partial charge in [0, 0.05) is 31.0 Å². The monoisotopic (exact) mass is 284 g/mol. The SMILES string of the molecule is Cc1cccc(C(=O)N2CCOC[C@H]2c2cccn2C)c1. The maximum Gasteiger partial charge on any atom is 0.254 e. The van der Waals surface area contributed by atoms with E-state index < -0.39 is 0 Å². The molecule has 0 aliphatic carbocycles. The van der Waals surface area contributed by atoms with E-state index >= 15 is 0 Å². The van der Waals surface area contributed by atoms with Crippen molar-refractivity contribution in [2.24, 2.45) is 7.05 Å². The molecule has 4 nitrogen and oxygen atoms in total. The number of nitrogens with zero attached hydrogens (tertiary/aromatic N) is 2. The van der Waals surface area contributed by atoms with E-state index in [2.05, 4.69) is 10.6 Å². The zero-order chi connectivity index (χ0) is 14.8. The van der Waals surface area contributed by atoms with Crippen LogP contribution in [-0.2, 0) is 11.8 Å². The van der Waals surface area contributed by atoms with Crippen molar-refractivity contribution in [3.8, 4) is 0 Å². The third kappa shape index (κ3) is 2.72. The maximum absolute atomic E-state index is 12.8. The summed E-state index contributed by atoms with van der Waals surface area (Å²) in [6.45, 7) is 3.78. The number of amides is 1. The molecule has 2 heterocycles. The van der Waals surface area contributed by atoms with Crippen LogP contribution in [0.4, 0.5) is 0 Å². The van der Waals surface area contributed by atoms with Crippen LogP contribution in [0.2, 0.25) is 0 Å². The summed E-state index contributed by atoms with van der Waals surface area (Å²) in [5.41, 5.74) is 2.95. The molecule has 1 aromatic carbocycles. The second-order valence-corrected chi connectivity index (χ2v) is 5.50. The number of aromatic nitrogens is 1. The van der Waals surface area contributed by atoms with Crippen LogP contribution in [0.3, 0.4) is 0 Å². The molecule has 1 aliphatic heterocycles. The van der Waals surface area contributed by atoms with Crippen molar-refractivity contribution in [3.05, 3.63) is 59.4 Å². The summed E-state index contributed by atoms with van der Waals surface area (Å²) in [6.07, 6.45) is 2.00. The van der Waals surface area contributed by atoms with Crippen LogP contribution in [0.15, 0.2) is 42.6 Å². The number of morpholine rings is 1.